The van der Waals surface area contributed by atoms with Crippen LogP contribution in [0.3, 0.4) is 0 Å². The summed E-state index contributed by atoms with van der Waals surface area (Å²) < 4.78 is 10.8. The van der Waals surface area contributed by atoms with E-state index in [4.69, 9.17) is 7.80 Å². The van der Waals surface area contributed by atoms with Crippen LogP contribution in [0, 0.1) is 0 Å². The first-order valence-electron chi connectivity index (χ1n) is 4.79. The van der Waals surface area contributed by atoms with Gasteiger partial charge in [0.1, 0.15) is 0 Å². The van der Waals surface area contributed by atoms with Crippen molar-refractivity contribution in [2.45, 2.75) is 6.92 Å². The number of hydrogen-bond donors (Lipinski definition) is 0. The molecule has 0 aliphatic carbocycles. The molecular weight excluding hydrogens is 303 g/mol. The summed E-state index contributed by atoms with van der Waals surface area (Å²) in [6.45, 7) is 2.61. The minimum absolute atomic E-state index is 0.644. The molecule has 0 saturated heterocycles. The Bertz CT molecular complexity index is 468. The van der Waals surface area contributed by atoms with Crippen molar-refractivity contribution in [3.05, 3.63) is 36.4 Å². The molecule has 78 valence electrons. The normalized spacial score (nSPS) is 10.3. The van der Waals surface area contributed by atoms with Crippen LogP contribution in [0.2, 0.25) is 0 Å². The molecule has 3 heteroatoms. The van der Waals surface area contributed by atoms with Gasteiger partial charge in [0.15, 0.2) is 34.5 Å². The van der Waals surface area contributed by atoms with Gasteiger partial charge in [-0.2, -0.15) is 0 Å². The Labute approximate surface area is 103 Å². The molecule has 0 atom stereocenters. The van der Waals surface area contributed by atoms with E-state index in [1.54, 1.807) is 0 Å². The van der Waals surface area contributed by atoms with Crippen molar-refractivity contribution in [1.82, 2.24) is 0 Å². The molecule has 0 heterocycles. The fourth-order valence-electron chi connectivity index (χ4n) is 1.53. The third kappa shape index (κ3) is 2.17. The van der Waals surface area contributed by atoms with Gasteiger partial charge in [0.05, 0.1) is 6.61 Å². The summed E-state index contributed by atoms with van der Waals surface area (Å²) in [5.74, 6) is 1.57. The number of rotatable bonds is 3. The Kier molecular flexibility index (Phi) is 3.30. The number of ether oxygens (including phenoxy) is 1. The predicted octanol–water partition coefficient (Wildman–Crippen LogP) is 3.97. The van der Waals surface area contributed by atoms with Gasteiger partial charge in [0.2, 0.25) is 0 Å². The Morgan fingerprint density at radius 2 is 1.67 bits per heavy atom. The first-order chi connectivity index (χ1) is 7.35. The Hall–Kier alpha value is -0.970. The van der Waals surface area contributed by atoms with Gasteiger partial charge in [-0.25, -0.2) is 0 Å². The van der Waals surface area contributed by atoms with Crippen LogP contribution in [-0.4, -0.2) is 6.61 Å². The maximum atomic E-state index is 5.51. The SMILES string of the molecule is CCOc1cc2ccccc2cc1OI. The van der Waals surface area contributed by atoms with Gasteiger partial charge in [-0.15, -0.1) is 0 Å². The summed E-state index contributed by atoms with van der Waals surface area (Å²) in [6, 6.07) is 12.2. The molecule has 0 saturated carbocycles. The summed E-state index contributed by atoms with van der Waals surface area (Å²) in [7, 11) is 0. The van der Waals surface area contributed by atoms with Crippen LogP contribution in [0.25, 0.3) is 10.8 Å². The van der Waals surface area contributed by atoms with Crippen LogP contribution < -0.4 is 7.80 Å². The molecule has 0 amide bonds. The summed E-state index contributed by atoms with van der Waals surface area (Å²) in [5.41, 5.74) is 0. The second-order valence-electron chi connectivity index (χ2n) is 3.16. The summed E-state index contributed by atoms with van der Waals surface area (Å²) >= 11 is 1.87. The highest BCUT2D eigenvalue weighted by atomic mass is 127. The average molecular weight is 314 g/mol. The van der Waals surface area contributed by atoms with Gasteiger partial charge < -0.3 is 7.80 Å². The standard InChI is InChI=1S/C12H11IO2/c1-2-14-11-7-9-5-3-4-6-10(9)8-12(11)15-13/h3-8H,2H2,1H3. The van der Waals surface area contributed by atoms with Crippen molar-refractivity contribution >= 4 is 33.8 Å². The zero-order chi connectivity index (χ0) is 10.7. The fraction of sp³-hybridized carbons (Fsp3) is 0.167. The fourth-order valence-corrected chi connectivity index (χ4v) is 1.87. The number of hydrogen-bond acceptors (Lipinski definition) is 2. The molecule has 2 aromatic carbocycles. The van der Waals surface area contributed by atoms with Gasteiger partial charge in [0.25, 0.3) is 0 Å². The van der Waals surface area contributed by atoms with Crippen molar-refractivity contribution in [3.8, 4) is 11.5 Å². The molecule has 0 aliphatic heterocycles. The van der Waals surface area contributed by atoms with Crippen LogP contribution in [0.1, 0.15) is 6.92 Å². The maximum absolute atomic E-state index is 5.51. The van der Waals surface area contributed by atoms with Crippen LogP contribution >= 0.6 is 23.0 Å². The molecule has 0 unspecified atom stereocenters. The molecular formula is C12H11IO2. The molecule has 2 rings (SSSR count). The van der Waals surface area contributed by atoms with E-state index in [0.717, 1.165) is 22.3 Å². The van der Waals surface area contributed by atoms with Gasteiger partial charge in [-0.3, -0.25) is 0 Å². The second-order valence-corrected chi connectivity index (χ2v) is 3.60. The van der Waals surface area contributed by atoms with E-state index >= 15 is 0 Å². The van der Waals surface area contributed by atoms with E-state index in [2.05, 4.69) is 12.1 Å². The van der Waals surface area contributed by atoms with Crippen molar-refractivity contribution in [1.29, 1.82) is 0 Å². The topological polar surface area (TPSA) is 18.5 Å². The molecule has 2 aromatic rings. The Balaban J connectivity index is 2.58. The lowest BCUT2D eigenvalue weighted by Crippen LogP contribution is -1.93. The minimum Gasteiger partial charge on any atom is -0.490 e. The molecule has 0 aliphatic rings. The largest absolute Gasteiger partial charge is 0.490 e. The van der Waals surface area contributed by atoms with E-state index < -0.39 is 0 Å². The van der Waals surface area contributed by atoms with Crippen LogP contribution in [0.5, 0.6) is 11.5 Å². The van der Waals surface area contributed by atoms with Crippen molar-refractivity contribution in [2.75, 3.05) is 6.61 Å². The molecule has 0 N–H and O–H groups in total. The van der Waals surface area contributed by atoms with Crippen LogP contribution in [-0.2, 0) is 0 Å². The van der Waals surface area contributed by atoms with Gasteiger partial charge in [-0.05, 0) is 29.8 Å². The molecule has 2 nitrogen and oxygen atoms in total. The minimum atomic E-state index is 0.644. The lowest BCUT2D eigenvalue weighted by Gasteiger charge is -2.09. The van der Waals surface area contributed by atoms with E-state index in [1.807, 2.05) is 54.2 Å². The zero-order valence-electron chi connectivity index (χ0n) is 8.37. The van der Waals surface area contributed by atoms with Crippen LogP contribution in [0.4, 0.5) is 0 Å². The maximum Gasteiger partial charge on any atom is 0.192 e. The number of benzene rings is 2. The Morgan fingerprint density at radius 3 is 2.20 bits per heavy atom. The predicted molar refractivity (Wildman–Crippen MR) is 69.8 cm³/mol. The molecule has 0 fully saturated rings. The highest BCUT2D eigenvalue weighted by Crippen LogP contribution is 2.33. The van der Waals surface area contributed by atoms with E-state index in [1.165, 1.54) is 0 Å². The first-order valence-corrected chi connectivity index (χ1v) is 5.67. The van der Waals surface area contributed by atoms with Crippen molar-refractivity contribution < 1.29 is 7.80 Å². The monoisotopic (exact) mass is 314 g/mol. The highest BCUT2D eigenvalue weighted by Gasteiger charge is 2.06. The second kappa shape index (κ2) is 4.70. The summed E-state index contributed by atoms with van der Waals surface area (Å²) in [6.07, 6.45) is 0. The average Bonchev–Trinajstić information content (AvgIpc) is 2.28. The van der Waals surface area contributed by atoms with Gasteiger partial charge >= 0.3 is 0 Å². The zero-order valence-corrected chi connectivity index (χ0v) is 10.5. The van der Waals surface area contributed by atoms with Gasteiger partial charge in [0, 0.05) is 0 Å². The molecule has 0 spiro atoms. The van der Waals surface area contributed by atoms with Crippen LogP contribution in [0.15, 0.2) is 36.4 Å². The summed E-state index contributed by atoms with van der Waals surface area (Å²) in [5, 5.41) is 2.32. The summed E-state index contributed by atoms with van der Waals surface area (Å²) in [4.78, 5) is 0. The number of fused-ring (bicyclic) bond motifs is 1. The van der Waals surface area contributed by atoms with Crippen molar-refractivity contribution in [3.63, 3.8) is 0 Å². The Morgan fingerprint density at radius 1 is 1.07 bits per heavy atom. The highest BCUT2D eigenvalue weighted by molar-refractivity contribution is 14.1. The lowest BCUT2D eigenvalue weighted by molar-refractivity contribution is 0.333. The molecule has 0 radical (unpaired) electrons. The smallest absolute Gasteiger partial charge is 0.192 e. The molecule has 0 bridgehead atoms. The van der Waals surface area contributed by atoms with E-state index in [-0.39, 0.29) is 0 Å². The van der Waals surface area contributed by atoms with Gasteiger partial charge in [-0.1, -0.05) is 24.3 Å². The third-order valence-electron chi connectivity index (χ3n) is 2.20. The van der Waals surface area contributed by atoms with E-state index in [0.29, 0.717) is 6.61 Å². The number of halogens is 1. The van der Waals surface area contributed by atoms with E-state index in [9.17, 15) is 0 Å². The quantitative estimate of drug-likeness (QED) is 0.798. The third-order valence-corrected chi connectivity index (χ3v) is 2.67. The lowest BCUT2D eigenvalue weighted by atomic mass is 10.1. The first kappa shape index (κ1) is 10.5. The van der Waals surface area contributed by atoms with Crippen molar-refractivity contribution in [2.24, 2.45) is 0 Å². The molecule has 15 heavy (non-hydrogen) atoms. The molecule has 0 aromatic heterocycles.